The van der Waals surface area contributed by atoms with Gasteiger partial charge in [-0.1, -0.05) is 54.6 Å². The first kappa shape index (κ1) is 24.0. The third-order valence-electron chi connectivity index (χ3n) is 7.14. The van der Waals surface area contributed by atoms with Crippen LogP contribution in [0.3, 0.4) is 0 Å². The average molecular weight is 460 g/mol. The molecule has 0 saturated carbocycles. The van der Waals surface area contributed by atoms with E-state index in [0.29, 0.717) is 0 Å². The summed E-state index contributed by atoms with van der Waals surface area (Å²) in [6.07, 6.45) is -2.31. The van der Waals surface area contributed by atoms with Crippen molar-refractivity contribution in [2.75, 3.05) is 13.2 Å². The minimum Gasteiger partial charge on any atom is -0.449 e. The van der Waals surface area contributed by atoms with Gasteiger partial charge in [0.1, 0.15) is 12.7 Å². The number of benzene rings is 3. The number of hydrogen-bond acceptors (Lipinski definition) is 4. The molecule has 0 saturated heterocycles. The number of hydrogen-bond donors (Lipinski definition) is 3. The lowest BCUT2D eigenvalue weighted by Gasteiger charge is -2.24. The van der Waals surface area contributed by atoms with E-state index in [-0.39, 0.29) is 25.5 Å². The number of fused-ring (bicyclic) bond motifs is 3. The zero-order valence-electron chi connectivity index (χ0n) is 20.3. The molecule has 1 amide bonds. The molecule has 5 heteroatoms. The second kappa shape index (κ2) is 10.00. The summed E-state index contributed by atoms with van der Waals surface area (Å²) in [6, 6.07) is 18.5. The molecule has 0 aliphatic heterocycles. The van der Waals surface area contributed by atoms with E-state index < -0.39 is 18.3 Å². The Labute approximate surface area is 201 Å². The Morgan fingerprint density at radius 2 is 1.44 bits per heavy atom. The van der Waals surface area contributed by atoms with Gasteiger partial charge in [-0.05, 0) is 84.2 Å². The van der Waals surface area contributed by atoms with Crippen LogP contribution in [0.1, 0.15) is 57.4 Å². The molecule has 0 spiro atoms. The Morgan fingerprint density at radius 1 is 0.912 bits per heavy atom. The molecule has 5 nitrogen and oxygen atoms in total. The predicted octanol–water partition coefficient (Wildman–Crippen LogP) is 5.24. The number of aliphatic hydroxyl groups excluding tert-OH is 2. The molecule has 2 unspecified atom stereocenters. The van der Waals surface area contributed by atoms with E-state index >= 15 is 0 Å². The minimum absolute atomic E-state index is 0.000993. The highest BCUT2D eigenvalue weighted by Gasteiger charge is 2.29. The normalized spacial score (nSPS) is 14.3. The summed E-state index contributed by atoms with van der Waals surface area (Å²) in [5.41, 5.74) is 9.59. The van der Waals surface area contributed by atoms with Crippen molar-refractivity contribution in [3.8, 4) is 11.1 Å². The lowest BCUT2D eigenvalue weighted by atomic mass is 9.88. The molecule has 3 N–H and O–H groups in total. The monoisotopic (exact) mass is 459 g/mol. The molecule has 0 radical (unpaired) electrons. The summed E-state index contributed by atoms with van der Waals surface area (Å²) < 4.78 is 5.54. The van der Waals surface area contributed by atoms with E-state index in [0.717, 1.165) is 38.9 Å². The van der Waals surface area contributed by atoms with Gasteiger partial charge in [0, 0.05) is 12.5 Å². The lowest BCUT2D eigenvalue weighted by molar-refractivity contribution is 0.0129. The molecule has 4 rings (SSSR count). The van der Waals surface area contributed by atoms with Crippen LogP contribution in [0.15, 0.2) is 54.6 Å². The summed E-state index contributed by atoms with van der Waals surface area (Å²) in [7, 11) is 0. The molecule has 3 aromatic rings. The quantitative estimate of drug-likeness (QED) is 0.451. The van der Waals surface area contributed by atoms with Crippen molar-refractivity contribution < 1.29 is 19.7 Å². The summed E-state index contributed by atoms with van der Waals surface area (Å²) in [5.74, 6) is 0.000993. The largest absolute Gasteiger partial charge is 0.449 e. The number of amides is 1. The van der Waals surface area contributed by atoms with Gasteiger partial charge in [-0.2, -0.15) is 0 Å². The van der Waals surface area contributed by atoms with E-state index in [2.05, 4.69) is 35.6 Å². The molecule has 0 heterocycles. The number of carbonyl (C=O) groups excluding carboxylic acids is 1. The number of aliphatic hydroxyl groups is 2. The Hall–Kier alpha value is -3.15. The van der Waals surface area contributed by atoms with E-state index in [9.17, 15) is 15.0 Å². The van der Waals surface area contributed by atoms with Crippen molar-refractivity contribution in [2.45, 2.75) is 52.2 Å². The maximum atomic E-state index is 12.4. The number of alkyl carbamates (subject to hydrolysis) is 1. The highest BCUT2D eigenvalue weighted by molar-refractivity contribution is 5.79. The number of rotatable bonds is 7. The number of ether oxygens (including phenoxy) is 1. The SMILES string of the molecule is Cc1cc(C)c(C)c(C(O)C(O)CCNC(=O)OCC2c3ccccc3-c3ccccc32)c1C. The fourth-order valence-corrected chi connectivity index (χ4v) is 5.01. The summed E-state index contributed by atoms with van der Waals surface area (Å²) in [4.78, 5) is 12.4. The van der Waals surface area contributed by atoms with Crippen molar-refractivity contribution in [2.24, 2.45) is 0 Å². The highest BCUT2D eigenvalue weighted by atomic mass is 16.5. The summed E-state index contributed by atoms with van der Waals surface area (Å²) >= 11 is 0. The Balaban J connectivity index is 1.32. The van der Waals surface area contributed by atoms with E-state index in [1.807, 2.05) is 52.0 Å². The van der Waals surface area contributed by atoms with Gasteiger partial charge < -0.3 is 20.3 Å². The molecule has 178 valence electrons. The van der Waals surface area contributed by atoms with Gasteiger partial charge in [-0.15, -0.1) is 0 Å². The van der Waals surface area contributed by atoms with Gasteiger partial charge in [0.15, 0.2) is 0 Å². The number of aryl methyl sites for hydroxylation is 2. The van der Waals surface area contributed by atoms with Crippen LogP contribution in [0.4, 0.5) is 4.79 Å². The Kier molecular flexibility index (Phi) is 7.05. The average Bonchev–Trinajstić information content (AvgIpc) is 3.15. The van der Waals surface area contributed by atoms with Gasteiger partial charge in [-0.25, -0.2) is 4.79 Å². The van der Waals surface area contributed by atoms with Gasteiger partial charge >= 0.3 is 6.09 Å². The Bertz CT molecular complexity index is 1130. The standard InChI is InChI=1S/C29H33NO4/c1-17-15-18(2)20(4)27(19(17)3)28(32)26(31)13-14-30-29(33)34-16-25-23-11-7-5-9-21(23)22-10-6-8-12-24(22)25/h5-12,15,25-26,28,31-32H,13-14,16H2,1-4H3,(H,30,33). The number of carbonyl (C=O) groups is 1. The second-order valence-electron chi connectivity index (χ2n) is 9.23. The molecule has 1 aliphatic rings. The maximum Gasteiger partial charge on any atom is 0.407 e. The molecule has 0 bridgehead atoms. The first-order chi connectivity index (χ1) is 16.3. The second-order valence-corrected chi connectivity index (χ2v) is 9.23. The van der Waals surface area contributed by atoms with Crippen LogP contribution in [0.2, 0.25) is 0 Å². The molecule has 34 heavy (non-hydrogen) atoms. The molecule has 0 aromatic heterocycles. The topological polar surface area (TPSA) is 78.8 Å². The summed E-state index contributed by atoms with van der Waals surface area (Å²) in [5, 5.41) is 24.1. The predicted molar refractivity (Wildman–Crippen MR) is 134 cm³/mol. The van der Waals surface area contributed by atoms with E-state index in [4.69, 9.17) is 4.74 Å². The maximum absolute atomic E-state index is 12.4. The third kappa shape index (κ3) is 4.59. The van der Waals surface area contributed by atoms with Crippen molar-refractivity contribution in [1.82, 2.24) is 5.32 Å². The zero-order valence-corrected chi connectivity index (χ0v) is 20.3. The first-order valence-electron chi connectivity index (χ1n) is 11.8. The molecule has 0 fully saturated rings. The van der Waals surface area contributed by atoms with Crippen molar-refractivity contribution in [1.29, 1.82) is 0 Å². The zero-order chi connectivity index (χ0) is 24.4. The smallest absolute Gasteiger partial charge is 0.407 e. The van der Waals surface area contributed by atoms with Crippen LogP contribution >= 0.6 is 0 Å². The van der Waals surface area contributed by atoms with Crippen LogP contribution in [0.25, 0.3) is 11.1 Å². The van der Waals surface area contributed by atoms with Crippen molar-refractivity contribution in [3.05, 3.63) is 93.5 Å². The van der Waals surface area contributed by atoms with Crippen LogP contribution in [-0.4, -0.2) is 35.6 Å². The minimum atomic E-state index is -1.01. The first-order valence-corrected chi connectivity index (χ1v) is 11.8. The van der Waals surface area contributed by atoms with E-state index in [1.54, 1.807) is 0 Å². The van der Waals surface area contributed by atoms with E-state index in [1.165, 1.54) is 11.1 Å². The van der Waals surface area contributed by atoms with Crippen LogP contribution in [0.5, 0.6) is 0 Å². The molecule has 2 atom stereocenters. The van der Waals surface area contributed by atoms with Crippen molar-refractivity contribution >= 4 is 6.09 Å². The fourth-order valence-electron chi connectivity index (χ4n) is 5.01. The van der Waals surface area contributed by atoms with Gasteiger partial charge in [-0.3, -0.25) is 0 Å². The van der Waals surface area contributed by atoms with Crippen LogP contribution in [-0.2, 0) is 4.74 Å². The molecular formula is C29H33NO4. The van der Waals surface area contributed by atoms with Gasteiger partial charge in [0.25, 0.3) is 0 Å². The van der Waals surface area contributed by atoms with Crippen LogP contribution in [0, 0.1) is 27.7 Å². The number of nitrogens with one attached hydrogen (secondary N) is 1. The third-order valence-corrected chi connectivity index (χ3v) is 7.14. The van der Waals surface area contributed by atoms with Gasteiger partial charge in [0.05, 0.1) is 6.10 Å². The lowest BCUT2D eigenvalue weighted by Crippen LogP contribution is -2.31. The summed E-state index contributed by atoms with van der Waals surface area (Å²) in [6.45, 7) is 8.37. The fraction of sp³-hybridized carbons (Fsp3) is 0.345. The molecule has 3 aromatic carbocycles. The Morgan fingerprint density at radius 3 is 2.00 bits per heavy atom. The highest BCUT2D eigenvalue weighted by Crippen LogP contribution is 2.44. The van der Waals surface area contributed by atoms with Crippen molar-refractivity contribution in [3.63, 3.8) is 0 Å². The van der Waals surface area contributed by atoms with Crippen LogP contribution < -0.4 is 5.32 Å². The van der Waals surface area contributed by atoms with Gasteiger partial charge in [0.2, 0.25) is 0 Å². The molecular weight excluding hydrogens is 426 g/mol. The molecule has 1 aliphatic carbocycles.